The summed E-state index contributed by atoms with van der Waals surface area (Å²) < 4.78 is 37.5. The molecule has 0 aliphatic carbocycles. The van der Waals surface area contributed by atoms with Gasteiger partial charge in [0.05, 0.1) is 6.20 Å². The van der Waals surface area contributed by atoms with Gasteiger partial charge in [-0.2, -0.15) is 13.2 Å². The number of aromatic nitrogens is 1. The Morgan fingerprint density at radius 1 is 1.39 bits per heavy atom. The number of aliphatic carboxylic acids is 1. The zero-order chi connectivity index (χ0) is 17.7. The van der Waals surface area contributed by atoms with Crippen LogP contribution in [-0.4, -0.2) is 53.9 Å². The van der Waals surface area contributed by atoms with Crippen LogP contribution in [0.2, 0.25) is 0 Å². The van der Waals surface area contributed by atoms with E-state index in [1.165, 1.54) is 0 Å². The van der Waals surface area contributed by atoms with Gasteiger partial charge in [0, 0.05) is 20.1 Å². The maximum absolute atomic E-state index is 11.3. The van der Waals surface area contributed by atoms with Crippen molar-refractivity contribution in [3.63, 3.8) is 0 Å². The van der Waals surface area contributed by atoms with Crippen molar-refractivity contribution in [3.8, 4) is 5.75 Å². The van der Waals surface area contributed by atoms with Gasteiger partial charge in [0.15, 0.2) is 0 Å². The van der Waals surface area contributed by atoms with E-state index in [1.54, 1.807) is 25.4 Å². The first-order chi connectivity index (χ1) is 10.6. The van der Waals surface area contributed by atoms with Gasteiger partial charge >= 0.3 is 12.1 Å². The molecule has 0 bridgehead atoms. The Bertz CT molecular complexity index is 557. The van der Waals surface area contributed by atoms with Gasteiger partial charge in [-0.25, -0.2) is 9.78 Å². The normalized spacial score (nSPS) is 15.5. The van der Waals surface area contributed by atoms with E-state index >= 15 is 0 Å². The zero-order valence-corrected chi connectivity index (χ0v) is 12.4. The number of hydrogen-bond donors (Lipinski definition) is 3. The first-order valence-corrected chi connectivity index (χ1v) is 6.45. The number of carboxylic acid groups (broad SMARTS) is 1. The lowest BCUT2D eigenvalue weighted by Gasteiger charge is -2.39. The number of hydrogen-bond acceptors (Lipinski definition) is 5. The third kappa shape index (κ3) is 5.74. The van der Waals surface area contributed by atoms with Gasteiger partial charge in [-0.15, -0.1) is 0 Å². The number of nitrogens with zero attached hydrogens (tertiary/aromatic N) is 1. The number of carbonyl (C=O) groups is 2. The van der Waals surface area contributed by atoms with E-state index in [0.29, 0.717) is 11.4 Å². The fraction of sp³-hybridized carbons (Fsp3) is 0.462. The van der Waals surface area contributed by atoms with Crippen molar-refractivity contribution in [2.24, 2.45) is 0 Å². The number of alkyl halides is 3. The number of halogens is 3. The van der Waals surface area contributed by atoms with E-state index in [2.05, 4.69) is 15.6 Å². The predicted octanol–water partition coefficient (Wildman–Crippen LogP) is 0.815. The van der Waals surface area contributed by atoms with E-state index in [4.69, 9.17) is 14.6 Å². The summed E-state index contributed by atoms with van der Waals surface area (Å²) in [5.41, 5.74) is 0.252. The summed E-state index contributed by atoms with van der Waals surface area (Å²) in [6.07, 6.45) is -3.51. The molecule has 0 saturated carbocycles. The highest BCUT2D eigenvalue weighted by Crippen LogP contribution is 2.20. The molecule has 7 nitrogen and oxygen atoms in total. The smallest absolute Gasteiger partial charge is 0.483 e. The Hall–Kier alpha value is -2.36. The van der Waals surface area contributed by atoms with Gasteiger partial charge in [0.25, 0.3) is 5.91 Å². The number of nitrogens with one attached hydrogen (secondary N) is 2. The van der Waals surface area contributed by atoms with Crippen LogP contribution in [0.25, 0.3) is 0 Å². The van der Waals surface area contributed by atoms with Gasteiger partial charge in [0.2, 0.25) is 0 Å². The van der Waals surface area contributed by atoms with Crippen LogP contribution in [0.3, 0.4) is 0 Å². The number of amides is 1. The van der Waals surface area contributed by atoms with Crippen LogP contribution in [0.4, 0.5) is 13.2 Å². The summed E-state index contributed by atoms with van der Waals surface area (Å²) >= 11 is 0. The van der Waals surface area contributed by atoms with Crippen LogP contribution in [0.5, 0.6) is 5.75 Å². The molecule has 0 spiro atoms. The van der Waals surface area contributed by atoms with E-state index in [0.717, 1.165) is 13.1 Å². The Labute approximate surface area is 129 Å². The fourth-order valence-electron chi connectivity index (χ4n) is 1.54. The topological polar surface area (TPSA) is 101 Å². The van der Waals surface area contributed by atoms with Crippen LogP contribution in [0.1, 0.15) is 17.4 Å². The summed E-state index contributed by atoms with van der Waals surface area (Å²) in [4.78, 5) is 24.2. The van der Waals surface area contributed by atoms with Crippen LogP contribution < -0.4 is 15.4 Å². The van der Waals surface area contributed by atoms with Crippen molar-refractivity contribution in [1.29, 1.82) is 0 Å². The second-order valence-corrected chi connectivity index (χ2v) is 4.92. The van der Waals surface area contributed by atoms with E-state index in [9.17, 15) is 18.0 Å². The van der Waals surface area contributed by atoms with Crippen LogP contribution in [0.15, 0.2) is 18.3 Å². The van der Waals surface area contributed by atoms with Crippen molar-refractivity contribution in [2.45, 2.75) is 18.7 Å². The number of carboxylic acids is 1. The summed E-state index contributed by atoms with van der Waals surface area (Å²) in [6.45, 7) is 3.71. The third-order valence-corrected chi connectivity index (χ3v) is 2.80. The molecule has 1 fully saturated rings. The minimum Gasteiger partial charge on any atom is -0.483 e. The number of carbonyl (C=O) groups excluding carboxylic acids is 1. The van der Waals surface area contributed by atoms with Gasteiger partial charge in [-0.1, -0.05) is 0 Å². The molecule has 0 radical (unpaired) electrons. The summed E-state index contributed by atoms with van der Waals surface area (Å²) in [5.74, 6) is -2.26. The lowest BCUT2D eigenvalue weighted by Crippen LogP contribution is -2.61. The van der Waals surface area contributed by atoms with Crippen LogP contribution in [0, 0.1) is 0 Å². The monoisotopic (exact) mass is 335 g/mol. The third-order valence-electron chi connectivity index (χ3n) is 2.80. The zero-order valence-electron chi connectivity index (χ0n) is 12.4. The fourth-order valence-corrected chi connectivity index (χ4v) is 1.54. The summed E-state index contributed by atoms with van der Waals surface area (Å²) in [5, 5.41) is 12.8. The van der Waals surface area contributed by atoms with Crippen LogP contribution >= 0.6 is 0 Å². The van der Waals surface area contributed by atoms with E-state index < -0.39 is 12.1 Å². The second kappa shape index (κ2) is 7.27. The van der Waals surface area contributed by atoms with E-state index in [1.807, 2.05) is 6.92 Å². The highest BCUT2D eigenvalue weighted by Gasteiger charge is 2.38. The molecule has 0 atom stereocenters. The first-order valence-electron chi connectivity index (χ1n) is 6.45. The largest absolute Gasteiger partial charge is 0.490 e. The maximum Gasteiger partial charge on any atom is 0.490 e. The predicted molar refractivity (Wildman–Crippen MR) is 73.2 cm³/mol. The number of ether oxygens (including phenoxy) is 1. The Kier molecular flexibility index (Phi) is 5.91. The number of pyridine rings is 1. The molecule has 1 amide bonds. The average Bonchev–Trinajstić information content (AvgIpc) is 2.45. The molecule has 1 saturated heterocycles. The second-order valence-electron chi connectivity index (χ2n) is 4.92. The van der Waals surface area contributed by atoms with Crippen molar-refractivity contribution >= 4 is 11.9 Å². The molecule has 1 aliphatic heterocycles. The molecule has 128 valence electrons. The lowest BCUT2D eigenvalue weighted by atomic mass is 10.0. The standard InChI is InChI=1S/C11H15N3O2.C2HF3O2/c1-11(6-13-7-11)16-8-3-4-9(14-5-8)10(15)12-2;3-2(4,5)1(6)7/h3-5,13H,6-7H2,1-2H3,(H,12,15);(H,6,7). The first kappa shape index (κ1) is 18.7. The summed E-state index contributed by atoms with van der Waals surface area (Å²) in [6, 6.07) is 3.42. The summed E-state index contributed by atoms with van der Waals surface area (Å²) in [7, 11) is 1.58. The van der Waals surface area contributed by atoms with Gasteiger partial charge in [0.1, 0.15) is 17.0 Å². The molecule has 2 heterocycles. The lowest BCUT2D eigenvalue weighted by molar-refractivity contribution is -0.192. The van der Waals surface area contributed by atoms with Crippen molar-refractivity contribution in [2.75, 3.05) is 20.1 Å². The molecular formula is C13H16F3N3O4. The highest BCUT2D eigenvalue weighted by molar-refractivity contribution is 5.91. The Morgan fingerprint density at radius 3 is 2.26 bits per heavy atom. The van der Waals surface area contributed by atoms with Gasteiger partial charge in [-0.05, 0) is 19.1 Å². The minimum atomic E-state index is -5.08. The Morgan fingerprint density at radius 2 is 1.96 bits per heavy atom. The maximum atomic E-state index is 11.3. The molecule has 23 heavy (non-hydrogen) atoms. The van der Waals surface area contributed by atoms with E-state index in [-0.39, 0.29) is 11.5 Å². The highest BCUT2D eigenvalue weighted by atomic mass is 19.4. The Balaban J connectivity index is 0.000000322. The van der Waals surface area contributed by atoms with Gasteiger partial charge < -0.3 is 20.5 Å². The molecule has 10 heteroatoms. The molecule has 1 aromatic heterocycles. The quantitative estimate of drug-likeness (QED) is 0.756. The minimum absolute atomic E-state index is 0.143. The van der Waals surface area contributed by atoms with Crippen molar-refractivity contribution < 1.29 is 32.6 Å². The SMILES string of the molecule is CNC(=O)c1ccc(OC2(C)CNC2)cn1.O=C(O)C(F)(F)F. The molecule has 0 unspecified atom stereocenters. The van der Waals surface area contributed by atoms with Gasteiger partial charge in [-0.3, -0.25) is 4.79 Å². The van der Waals surface area contributed by atoms with Crippen LogP contribution in [-0.2, 0) is 4.79 Å². The van der Waals surface area contributed by atoms with Crippen molar-refractivity contribution in [3.05, 3.63) is 24.0 Å². The average molecular weight is 335 g/mol. The molecule has 1 aromatic rings. The molecule has 3 N–H and O–H groups in total. The molecule has 1 aliphatic rings. The molecule has 0 aromatic carbocycles. The number of rotatable bonds is 3. The van der Waals surface area contributed by atoms with Crippen molar-refractivity contribution in [1.82, 2.24) is 15.6 Å². The molecular weight excluding hydrogens is 319 g/mol. The molecule has 2 rings (SSSR count).